The SMILES string of the molecule is Cc1ccc(-n2c(C=Cc3ccco3)nc3ccc(I)cc3c2=O)cc1. The number of nitrogens with zero attached hydrogens (tertiary/aromatic N) is 2. The largest absolute Gasteiger partial charge is 0.465 e. The summed E-state index contributed by atoms with van der Waals surface area (Å²) in [6, 6.07) is 17.2. The van der Waals surface area contributed by atoms with Gasteiger partial charge in [0.1, 0.15) is 11.6 Å². The lowest BCUT2D eigenvalue weighted by Gasteiger charge is -2.12. The van der Waals surface area contributed by atoms with Crippen molar-refractivity contribution < 1.29 is 4.42 Å². The average Bonchev–Trinajstić information content (AvgIpc) is 3.15. The molecule has 4 nitrogen and oxygen atoms in total. The predicted octanol–water partition coefficient (Wildman–Crippen LogP) is 5.06. The van der Waals surface area contributed by atoms with Crippen molar-refractivity contribution in [2.75, 3.05) is 0 Å². The van der Waals surface area contributed by atoms with Crippen LogP contribution in [0.3, 0.4) is 0 Å². The van der Waals surface area contributed by atoms with E-state index in [1.165, 1.54) is 0 Å². The quantitative estimate of drug-likeness (QED) is 0.407. The fraction of sp³-hybridized carbons (Fsp3) is 0.0476. The second-order valence-corrected chi connectivity index (χ2v) is 7.20. The number of benzene rings is 2. The van der Waals surface area contributed by atoms with Gasteiger partial charge in [0.2, 0.25) is 0 Å². The molecule has 0 bridgehead atoms. The highest BCUT2D eigenvalue weighted by molar-refractivity contribution is 14.1. The monoisotopic (exact) mass is 454 g/mol. The summed E-state index contributed by atoms with van der Waals surface area (Å²) in [5, 5.41) is 0.604. The van der Waals surface area contributed by atoms with E-state index in [0.717, 1.165) is 14.8 Å². The van der Waals surface area contributed by atoms with Crippen molar-refractivity contribution in [2.45, 2.75) is 6.92 Å². The molecule has 0 saturated carbocycles. The van der Waals surface area contributed by atoms with Gasteiger partial charge in [0.15, 0.2) is 0 Å². The minimum Gasteiger partial charge on any atom is -0.465 e. The summed E-state index contributed by atoms with van der Waals surface area (Å²) in [6.07, 6.45) is 5.23. The third-order valence-electron chi connectivity index (χ3n) is 4.09. The Labute approximate surface area is 163 Å². The summed E-state index contributed by atoms with van der Waals surface area (Å²) in [4.78, 5) is 17.9. The molecule has 26 heavy (non-hydrogen) atoms. The Kier molecular flexibility index (Phi) is 4.46. The molecule has 0 aliphatic carbocycles. The normalized spacial score (nSPS) is 11.5. The van der Waals surface area contributed by atoms with Crippen LogP contribution >= 0.6 is 22.6 Å². The van der Waals surface area contributed by atoms with E-state index < -0.39 is 0 Å². The molecule has 0 fully saturated rings. The van der Waals surface area contributed by atoms with Crippen molar-refractivity contribution in [2.24, 2.45) is 0 Å². The lowest BCUT2D eigenvalue weighted by atomic mass is 10.2. The second kappa shape index (κ2) is 6.92. The third kappa shape index (κ3) is 3.22. The molecule has 128 valence electrons. The molecular formula is C21H15IN2O2. The topological polar surface area (TPSA) is 48.0 Å². The van der Waals surface area contributed by atoms with Gasteiger partial charge in [-0.15, -0.1) is 0 Å². The summed E-state index contributed by atoms with van der Waals surface area (Å²) in [5.41, 5.74) is 2.51. The lowest BCUT2D eigenvalue weighted by molar-refractivity contribution is 0.557. The Hall–Kier alpha value is -2.67. The van der Waals surface area contributed by atoms with Crippen molar-refractivity contribution in [3.05, 3.63) is 91.9 Å². The molecular weight excluding hydrogens is 439 g/mol. The molecule has 0 N–H and O–H groups in total. The molecule has 0 atom stereocenters. The summed E-state index contributed by atoms with van der Waals surface area (Å²) < 4.78 is 7.99. The molecule has 2 aromatic carbocycles. The van der Waals surface area contributed by atoms with Gasteiger partial charge < -0.3 is 4.42 Å². The number of fused-ring (bicyclic) bond motifs is 1. The van der Waals surface area contributed by atoms with Crippen LogP contribution in [0.2, 0.25) is 0 Å². The van der Waals surface area contributed by atoms with Gasteiger partial charge in [0, 0.05) is 3.57 Å². The maximum atomic E-state index is 13.2. The van der Waals surface area contributed by atoms with Crippen molar-refractivity contribution >= 4 is 45.6 Å². The zero-order valence-corrected chi connectivity index (χ0v) is 16.2. The minimum absolute atomic E-state index is 0.0866. The number of furan rings is 1. The number of rotatable bonds is 3. The maximum Gasteiger partial charge on any atom is 0.266 e. The van der Waals surface area contributed by atoms with Crippen LogP contribution in [0.4, 0.5) is 0 Å². The summed E-state index contributed by atoms with van der Waals surface area (Å²) in [6.45, 7) is 2.02. The van der Waals surface area contributed by atoms with E-state index in [-0.39, 0.29) is 5.56 Å². The van der Waals surface area contributed by atoms with Crippen LogP contribution in [0.5, 0.6) is 0 Å². The summed E-state index contributed by atoms with van der Waals surface area (Å²) in [5.74, 6) is 1.27. The molecule has 0 saturated heterocycles. The van der Waals surface area contributed by atoms with Gasteiger partial charge in [-0.3, -0.25) is 9.36 Å². The van der Waals surface area contributed by atoms with E-state index >= 15 is 0 Å². The first-order valence-electron chi connectivity index (χ1n) is 8.13. The zero-order valence-electron chi connectivity index (χ0n) is 14.0. The van der Waals surface area contributed by atoms with E-state index in [0.29, 0.717) is 22.5 Å². The van der Waals surface area contributed by atoms with Crippen LogP contribution in [0.15, 0.2) is 70.1 Å². The van der Waals surface area contributed by atoms with Gasteiger partial charge >= 0.3 is 0 Å². The smallest absolute Gasteiger partial charge is 0.266 e. The molecule has 5 heteroatoms. The Morgan fingerprint density at radius 3 is 2.62 bits per heavy atom. The maximum absolute atomic E-state index is 13.2. The molecule has 0 aliphatic rings. The number of aryl methyl sites for hydroxylation is 1. The van der Waals surface area contributed by atoms with E-state index in [4.69, 9.17) is 9.40 Å². The number of hydrogen-bond acceptors (Lipinski definition) is 3. The molecule has 4 rings (SSSR count). The average molecular weight is 454 g/mol. The highest BCUT2D eigenvalue weighted by Gasteiger charge is 2.11. The first-order chi connectivity index (χ1) is 12.6. The molecule has 0 radical (unpaired) electrons. The first-order valence-corrected chi connectivity index (χ1v) is 9.21. The zero-order chi connectivity index (χ0) is 18.1. The highest BCUT2D eigenvalue weighted by Crippen LogP contribution is 2.18. The highest BCUT2D eigenvalue weighted by atomic mass is 127. The molecule has 2 heterocycles. The van der Waals surface area contributed by atoms with Gasteiger partial charge in [-0.1, -0.05) is 17.7 Å². The van der Waals surface area contributed by atoms with Crippen LogP contribution in [0.25, 0.3) is 28.7 Å². The van der Waals surface area contributed by atoms with Crippen LogP contribution in [0.1, 0.15) is 17.1 Å². The molecule has 0 unspecified atom stereocenters. The van der Waals surface area contributed by atoms with E-state index in [2.05, 4.69) is 22.6 Å². The first kappa shape index (κ1) is 16.8. The van der Waals surface area contributed by atoms with Crippen molar-refractivity contribution in [3.63, 3.8) is 0 Å². The number of halogens is 1. The summed E-state index contributed by atoms with van der Waals surface area (Å²) in [7, 11) is 0. The van der Waals surface area contributed by atoms with Gasteiger partial charge in [-0.2, -0.15) is 0 Å². The van der Waals surface area contributed by atoms with Crippen LogP contribution in [0, 0.1) is 10.5 Å². The Bertz CT molecular complexity index is 1160. The van der Waals surface area contributed by atoms with Gasteiger partial charge in [0.05, 0.1) is 22.9 Å². The van der Waals surface area contributed by atoms with Gasteiger partial charge in [-0.05, 0) is 84.1 Å². The molecule has 4 aromatic rings. The Morgan fingerprint density at radius 2 is 1.88 bits per heavy atom. The fourth-order valence-electron chi connectivity index (χ4n) is 2.77. The Morgan fingerprint density at radius 1 is 1.08 bits per heavy atom. The van der Waals surface area contributed by atoms with Gasteiger partial charge in [0.25, 0.3) is 5.56 Å². The Balaban J connectivity index is 1.98. The van der Waals surface area contributed by atoms with Crippen LogP contribution < -0.4 is 5.56 Å². The van der Waals surface area contributed by atoms with E-state index in [1.54, 1.807) is 16.9 Å². The van der Waals surface area contributed by atoms with Crippen molar-refractivity contribution in [3.8, 4) is 5.69 Å². The van der Waals surface area contributed by atoms with Crippen molar-refractivity contribution in [1.82, 2.24) is 9.55 Å². The molecule has 2 aromatic heterocycles. The predicted molar refractivity (Wildman–Crippen MR) is 112 cm³/mol. The van der Waals surface area contributed by atoms with E-state index in [9.17, 15) is 4.79 Å². The minimum atomic E-state index is -0.0866. The third-order valence-corrected chi connectivity index (χ3v) is 4.76. The number of hydrogen-bond donors (Lipinski definition) is 0. The van der Waals surface area contributed by atoms with Crippen LogP contribution in [-0.4, -0.2) is 9.55 Å². The number of aromatic nitrogens is 2. The second-order valence-electron chi connectivity index (χ2n) is 5.96. The van der Waals surface area contributed by atoms with E-state index in [1.807, 2.05) is 67.6 Å². The fourth-order valence-corrected chi connectivity index (χ4v) is 3.26. The molecule has 0 aliphatic heterocycles. The van der Waals surface area contributed by atoms with Gasteiger partial charge in [-0.25, -0.2) is 4.98 Å². The lowest BCUT2D eigenvalue weighted by Crippen LogP contribution is -2.22. The standard InChI is InChI=1S/C21H15IN2O2/c1-14-4-7-16(8-5-14)24-20(11-9-17-3-2-12-26-17)23-19-10-6-15(22)13-18(19)21(24)25/h2-13H,1H3. The summed E-state index contributed by atoms with van der Waals surface area (Å²) >= 11 is 2.21. The molecule has 0 spiro atoms. The van der Waals surface area contributed by atoms with Crippen LogP contribution in [-0.2, 0) is 0 Å². The molecule has 0 amide bonds. The van der Waals surface area contributed by atoms with Crippen molar-refractivity contribution in [1.29, 1.82) is 0 Å².